The van der Waals surface area contributed by atoms with E-state index in [-0.39, 0.29) is 17.6 Å². The number of benzene rings is 1. The summed E-state index contributed by atoms with van der Waals surface area (Å²) < 4.78 is 57.1. The van der Waals surface area contributed by atoms with E-state index in [9.17, 15) is 17.6 Å². The minimum Gasteiger partial charge on any atom is -0.203 e. The average Bonchev–Trinajstić information content (AvgIpc) is 2.87. The van der Waals surface area contributed by atoms with Crippen LogP contribution in [0.15, 0.2) is 16.3 Å². The molecule has 1 aliphatic heterocycles. The first-order chi connectivity index (χ1) is 11.7. The van der Waals surface area contributed by atoms with Crippen LogP contribution in [0.2, 0.25) is 0 Å². The van der Waals surface area contributed by atoms with Gasteiger partial charge in [-0.3, -0.25) is 0 Å². The van der Waals surface area contributed by atoms with E-state index in [1.54, 1.807) is 7.05 Å². The number of nitrogens with zero attached hydrogens (tertiary/aromatic N) is 2. The van der Waals surface area contributed by atoms with E-state index in [2.05, 4.69) is 5.10 Å². The van der Waals surface area contributed by atoms with Gasteiger partial charge < -0.3 is 0 Å². The van der Waals surface area contributed by atoms with E-state index >= 15 is 0 Å². The minimum absolute atomic E-state index is 0.0321. The van der Waals surface area contributed by atoms with Gasteiger partial charge in [-0.25, -0.2) is 17.6 Å². The summed E-state index contributed by atoms with van der Waals surface area (Å²) in [7, 11) is 1.56. The van der Waals surface area contributed by atoms with Gasteiger partial charge in [-0.15, -0.1) is 0 Å². The summed E-state index contributed by atoms with van der Waals surface area (Å²) in [4.78, 5) is 0. The van der Waals surface area contributed by atoms with Gasteiger partial charge in [-0.05, 0) is 19.3 Å². The third-order valence-electron chi connectivity index (χ3n) is 4.30. The normalized spacial score (nSPS) is 20.0. The summed E-state index contributed by atoms with van der Waals surface area (Å²) in [6.45, 7) is 3.41. The molecule has 0 bridgehead atoms. The predicted molar refractivity (Wildman–Crippen MR) is 91.1 cm³/mol. The molecule has 0 amide bonds. The molecule has 2 nitrogen and oxygen atoms in total. The lowest BCUT2D eigenvalue weighted by Gasteiger charge is -2.22. The molecule has 25 heavy (non-hydrogen) atoms. The third kappa shape index (κ3) is 4.06. The van der Waals surface area contributed by atoms with Gasteiger partial charge in [0.15, 0.2) is 23.3 Å². The van der Waals surface area contributed by atoms with Crippen LogP contribution in [-0.2, 0) is 13.0 Å². The molecule has 7 heteroatoms. The molecule has 1 atom stereocenters. The molecule has 0 aromatic heterocycles. The van der Waals surface area contributed by atoms with Crippen molar-refractivity contribution < 1.29 is 22.2 Å². The predicted octanol–water partition coefficient (Wildman–Crippen LogP) is 5.78. The summed E-state index contributed by atoms with van der Waals surface area (Å²) >= 11 is 6.05. The molecule has 0 radical (unpaired) electrons. The van der Waals surface area contributed by atoms with Gasteiger partial charge in [0.1, 0.15) is 23.5 Å². The maximum atomic E-state index is 14.4. The highest BCUT2D eigenvalue weighted by molar-refractivity contribution is 6.43. The van der Waals surface area contributed by atoms with Crippen LogP contribution >= 0.6 is 11.6 Å². The maximum Gasteiger partial charge on any atom is 0.171 e. The summed E-state index contributed by atoms with van der Waals surface area (Å²) in [6, 6.07) is 0. The lowest BCUT2D eigenvalue weighted by molar-refractivity contribution is -0.877. The fourth-order valence-corrected chi connectivity index (χ4v) is 3.33. The lowest BCUT2D eigenvalue weighted by Crippen LogP contribution is -2.31. The monoisotopic (exact) mass is 377 g/mol. The average molecular weight is 378 g/mol. The van der Waals surface area contributed by atoms with Crippen molar-refractivity contribution in [2.45, 2.75) is 52.5 Å². The zero-order chi connectivity index (χ0) is 18.8. The first-order valence-electron chi connectivity index (χ1n) is 8.40. The number of quaternary nitrogens is 1. The molecule has 1 heterocycles. The lowest BCUT2D eigenvalue weighted by atomic mass is 10.0. The first kappa shape index (κ1) is 19.9. The zero-order valence-electron chi connectivity index (χ0n) is 14.6. The van der Waals surface area contributed by atoms with Gasteiger partial charge in [-0.2, -0.15) is 4.59 Å². The SMILES string of the molecule is CCCCCc1c(F)c(F)c(C[N+]2(C)C=C(Cl)C(CC)=N2)c(F)c1F. The molecule has 1 unspecified atom stereocenters. The number of unbranched alkanes of at least 4 members (excludes halogenated alkanes) is 2. The van der Waals surface area contributed by atoms with Crippen molar-refractivity contribution >= 4 is 17.3 Å². The van der Waals surface area contributed by atoms with E-state index in [1.165, 1.54) is 6.20 Å². The molecular formula is C18H22ClF4N2+. The molecule has 1 aromatic rings. The van der Waals surface area contributed by atoms with E-state index < -0.39 is 34.4 Å². The van der Waals surface area contributed by atoms with Crippen molar-refractivity contribution in [3.8, 4) is 0 Å². The van der Waals surface area contributed by atoms with Gasteiger partial charge >= 0.3 is 0 Å². The number of rotatable bonds is 7. The molecule has 0 saturated carbocycles. The Kier molecular flexibility index (Phi) is 6.27. The third-order valence-corrected chi connectivity index (χ3v) is 4.62. The maximum absolute atomic E-state index is 14.4. The van der Waals surface area contributed by atoms with Gasteiger partial charge in [0.05, 0.1) is 12.6 Å². The van der Waals surface area contributed by atoms with Gasteiger partial charge in [0, 0.05) is 5.56 Å². The topological polar surface area (TPSA) is 12.4 Å². The van der Waals surface area contributed by atoms with Crippen LogP contribution < -0.4 is 0 Å². The molecule has 1 aliphatic rings. The fraction of sp³-hybridized carbons (Fsp3) is 0.500. The minimum atomic E-state index is -1.35. The summed E-state index contributed by atoms with van der Waals surface area (Å²) in [6.07, 6.45) is 4.07. The van der Waals surface area contributed by atoms with Crippen LogP contribution in [0.1, 0.15) is 50.7 Å². The molecule has 2 rings (SSSR count). The standard InChI is InChI=1S/C18H22ClF4N2/c1-4-6-7-8-11-15(20)17(22)12(18(23)16(11)21)9-25(3)10-13(19)14(5-2)24-25/h10H,4-9H2,1-3H3/q+1. The van der Waals surface area contributed by atoms with Crippen molar-refractivity contribution in [2.24, 2.45) is 5.10 Å². The Morgan fingerprint density at radius 3 is 2.00 bits per heavy atom. The highest BCUT2D eigenvalue weighted by Gasteiger charge is 2.34. The number of allylic oxidation sites excluding steroid dienone is 1. The van der Waals surface area contributed by atoms with Gasteiger partial charge in [-0.1, -0.05) is 43.4 Å². The first-order valence-corrected chi connectivity index (χ1v) is 8.78. The van der Waals surface area contributed by atoms with Crippen LogP contribution in [0.25, 0.3) is 0 Å². The Morgan fingerprint density at radius 2 is 1.52 bits per heavy atom. The second-order valence-electron chi connectivity index (χ2n) is 6.42. The quantitative estimate of drug-likeness (QED) is 0.247. The van der Waals surface area contributed by atoms with Crippen molar-refractivity contribution in [2.75, 3.05) is 7.05 Å². The van der Waals surface area contributed by atoms with E-state index in [0.29, 0.717) is 23.6 Å². The molecule has 1 aromatic carbocycles. The molecule has 0 saturated heterocycles. The Hall–Kier alpha value is -1.40. The Morgan fingerprint density at radius 1 is 0.960 bits per heavy atom. The summed E-state index contributed by atoms with van der Waals surface area (Å²) in [5, 5.41) is 4.67. The highest BCUT2D eigenvalue weighted by atomic mass is 35.5. The van der Waals surface area contributed by atoms with Crippen molar-refractivity contribution in [3.05, 3.63) is 45.6 Å². The number of halogens is 5. The van der Waals surface area contributed by atoms with Crippen molar-refractivity contribution in [3.63, 3.8) is 0 Å². The van der Waals surface area contributed by atoms with Crippen molar-refractivity contribution in [1.82, 2.24) is 0 Å². The zero-order valence-corrected chi connectivity index (χ0v) is 15.4. The van der Waals surface area contributed by atoms with E-state index in [0.717, 1.165) is 12.8 Å². The molecule has 0 fully saturated rings. The van der Waals surface area contributed by atoms with Crippen LogP contribution in [-0.4, -0.2) is 17.4 Å². The van der Waals surface area contributed by atoms with Crippen LogP contribution in [0.4, 0.5) is 17.6 Å². The molecule has 138 valence electrons. The highest BCUT2D eigenvalue weighted by Crippen LogP contribution is 2.31. The van der Waals surface area contributed by atoms with Crippen LogP contribution in [0, 0.1) is 23.3 Å². The van der Waals surface area contributed by atoms with Crippen molar-refractivity contribution in [1.29, 1.82) is 0 Å². The molecule has 0 spiro atoms. The molecular weight excluding hydrogens is 356 g/mol. The molecule has 0 aliphatic carbocycles. The van der Waals surface area contributed by atoms with Crippen LogP contribution in [0.3, 0.4) is 0 Å². The van der Waals surface area contributed by atoms with Gasteiger partial charge in [0.25, 0.3) is 0 Å². The summed E-state index contributed by atoms with van der Waals surface area (Å²) in [5.41, 5.74) is -0.594. The number of hydrogen-bond donors (Lipinski definition) is 0. The van der Waals surface area contributed by atoms with E-state index in [1.807, 2.05) is 13.8 Å². The largest absolute Gasteiger partial charge is 0.203 e. The molecule has 0 N–H and O–H groups in total. The van der Waals surface area contributed by atoms with Crippen LogP contribution in [0.5, 0.6) is 0 Å². The summed E-state index contributed by atoms with van der Waals surface area (Å²) in [5.74, 6) is -5.33. The smallest absolute Gasteiger partial charge is 0.171 e. The van der Waals surface area contributed by atoms with Gasteiger partial charge in [0.2, 0.25) is 0 Å². The Labute approximate surface area is 150 Å². The van der Waals surface area contributed by atoms with E-state index in [4.69, 9.17) is 11.6 Å². The second-order valence-corrected chi connectivity index (χ2v) is 6.83. The Balaban J connectivity index is 2.39. The fourth-order valence-electron chi connectivity index (χ4n) is 2.94. The number of hydrogen-bond acceptors (Lipinski definition) is 1. The second kappa shape index (κ2) is 7.87. The Bertz CT molecular complexity index is 701.